The molecule has 0 bridgehead atoms. The van der Waals surface area contributed by atoms with Gasteiger partial charge in [-0.3, -0.25) is 0 Å². The van der Waals surface area contributed by atoms with E-state index in [9.17, 15) is 13.2 Å². The molecule has 0 aliphatic carbocycles. The van der Waals surface area contributed by atoms with Gasteiger partial charge in [-0.05, 0) is 48.6 Å². The number of halogens is 3. The fraction of sp³-hybridized carbons (Fsp3) is 0.235. The zero-order chi connectivity index (χ0) is 16.9. The minimum absolute atomic E-state index is 0.412. The zero-order valence-corrected chi connectivity index (χ0v) is 13.6. The van der Waals surface area contributed by atoms with Crippen LogP contribution in [-0.2, 0) is 12.6 Å². The van der Waals surface area contributed by atoms with E-state index in [4.69, 9.17) is 0 Å². The van der Waals surface area contributed by atoms with Gasteiger partial charge in [0.15, 0.2) is 0 Å². The van der Waals surface area contributed by atoms with Gasteiger partial charge in [0.05, 0.1) is 16.1 Å². The zero-order valence-electron chi connectivity index (χ0n) is 12.8. The maximum atomic E-state index is 13.0. The number of alkyl halides is 3. The Morgan fingerprint density at radius 3 is 2.79 bits per heavy atom. The number of aromatic nitrogens is 2. The molecule has 3 aromatic rings. The van der Waals surface area contributed by atoms with Crippen molar-refractivity contribution in [3.8, 4) is 16.3 Å². The van der Waals surface area contributed by atoms with E-state index in [1.165, 1.54) is 6.07 Å². The Balaban J connectivity index is 1.86. The summed E-state index contributed by atoms with van der Waals surface area (Å²) in [5.74, 6) is 0.787. The Hall–Kier alpha value is -2.28. The number of aryl methyl sites for hydroxylation is 1. The van der Waals surface area contributed by atoms with Crippen molar-refractivity contribution in [3.05, 3.63) is 52.4 Å². The molecule has 1 aromatic carbocycles. The van der Waals surface area contributed by atoms with Crippen molar-refractivity contribution in [1.29, 1.82) is 0 Å². The lowest BCUT2D eigenvalue weighted by Gasteiger charge is -2.10. The number of nitrogens with zero attached hydrogens (tertiary/aromatic N) is 2. The average molecular weight is 349 g/mol. The number of hydrogen-bond donors (Lipinski definition) is 1. The molecule has 7 heteroatoms. The fourth-order valence-electron chi connectivity index (χ4n) is 2.93. The average Bonchev–Trinajstić information content (AvgIpc) is 3.22. The molecule has 0 atom stereocenters. The first-order valence-electron chi connectivity index (χ1n) is 7.52. The Morgan fingerprint density at radius 1 is 1.25 bits per heavy atom. The molecule has 0 spiro atoms. The SMILES string of the molecule is Cc1csc(-c2nn(-c3cccc(C(F)(F)F)c3)c3c2CCN3)c1. The van der Waals surface area contributed by atoms with Crippen LogP contribution in [0.1, 0.15) is 16.7 Å². The van der Waals surface area contributed by atoms with E-state index in [1.54, 1.807) is 22.1 Å². The van der Waals surface area contributed by atoms with Crippen molar-refractivity contribution in [2.24, 2.45) is 0 Å². The van der Waals surface area contributed by atoms with Gasteiger partial charge in [-0.2, -0.15) is 18.3 Å². The third-order valence-electron chi connectivity index (χ3n) is 4.03. The second-order valence-electron chi connectivity index (χ2n) is 5.80. The standard InChI is InChI=1S/C17H14F3N3S/c1-10-7-14(24-9-10)15-13-5-6-21-16(13)23(22-15)12-4-2-3-11(8-12)17(18,19)20/h2-4,7-9,21H,5-6H2,1H3. The monoisotopic (exact) mass is 349 g/mol. The first-order valence-corrected chi connectivity index (χ1v) is 8.40. The van der Waals surface area contributed by atoms with Crippen LogP contribution in [0.3, 0.4) is 0 Å². The molecule has 1 aliphatic rings. The fourth-order valence-corrected chi connectivity index (χ4v) is 3.84. The number of rotatable bonds is 2. The van der Waals surface area contributed by atoms with Crippen molar-refractivity contribution < 1.29 is 13.2 Å². The van der Waals surface area contributed by atoms with Gasteiger partial charge in [0, 0.05) is 12.1 Å². The molecule has 124 valence electrons. The molecule has 0 saturated carbocycles. The third-order valence-corrected chi connectivity index (χ3v) is 5.09. The van der Waals surface area contributed by atoms with Crippen molar-refractivity contribution in [1.82, 2.24) is 9.78 Å². The predicted molar refractivity (Wildman–Crippen MR) is 88.8 cm³/mol. The van der Waals surface area contributed by atoms with Crippen LogP contribution >= 0.6 is 11.3 Å². The number of benzene rings is 1. The van der Waals surface area contributed by atoms with Crippen LogP contribution < -0.4 is 5.32 Å². The Bertz CT molecular complexity index is 908. The van der Waals surface area contributed by atoms with Gasteiger partial charge in [-0.1, -0.05) is 6.07 Å². The van der Waals surface area contributed by atoms with E-state index in [2.05, 4.69) is 16.5 Å². The van der Waals surface area contributed by atoms with Crippen molar-refractivity contribution in [2.45, 2.75) is 19.5 Å². The first-order chi connectivity index (χ1) is 11.4. The van der Waals surface area contributed by atoms with Crippen LogP contribution in [0.15, 0.2) is 35.7 Å². The lowest BCUT2D eigenvalue weighted by molar-refractivity contribution is -0.137. The van der Waals surface area contributed by atoms with E-state index in [0.29, 0.717) is 5.69 Å². The van der Waals surface area contributed by atoms with E-state index in [-0.39, 0.29) is 0 Å². The molecule has 0 radical (unpaired) electrons. The molecule has 1 aliphatic heterocycles. The van der Waals surface area contributed by atoms with Crippen LogP contribution in [0.25, 0.3) is 16.3 Å². The molecule has 2 aromatic heterocycles. The Kier molecular flexibility index (Phi) is 3.42. The second kappa shape index (κ2) is 5.37. The third kappa shape index (κ3) is 2.49. The summed E-state index contributed by atoms with van der Waals surface area (Å²) in [6.45, 7) is 2.78. The van der Waals surface area contributed by atoms with Crippen LogP contribution in [0.4, 0.5) is 19.0 Å². The number of anilines is 1. The van der Waals surface area contributed by atoms with Gasteiger partial charge in [0.25, 0.3) is 0 Å². The van der Waals surface area contributed by atoms with Crippen molar-refractivity contribution in [2.75, 3.05) is 11.9 Å². The highest BCUT2D eigenvalue weighted by Crippen LogP contribution is 2.38. The molecular weight excluding hydrogens is 335 g/mol. The summed E-state index contributed by atoms with van der Waals surface area (Å²) in [7, 11) is 0. The predicted octanol–water partition coefficient (Wildman–Crippen LogP) is 4.90. The van der Waals surface area contributed by atoms with E-state index in [0.717, 1.165) is 52.6 Å². The number of thiophene rings is 1. The highest BCUT2D eigenvalue weighted by molar-refractivity contribution is 7.13. The van der Waals surface area contributed by atoms with Crippen LogP contribution in [-0.4, -0.2) is 16.3 Å². The largest absolute Gasteiger partial charge is 0.416 e. The van der Waals surface area contributed by atoms with E-state index < -0.39 is 11.7 Å². The first kappa shape index (κ1) is 15.3. The molecule has 0 amide bonds. The molecule has 1 N–H and O–H groups in total. The number of nitrogens with one attached hydrogen (secondary N) is 1. The molecule has 3 heterocycles. The van der Waals surface area contributed by atoms with Crippen LogP contribution in [0, 0.1) is 6.92 Å². The lowest BCUT2D eigenvalue weighted by Crippen LogP contribution is -2.08. The second-order valence-corrected chi connectivity index (χ2v) is 6.71. The van der Waals surface area contributed by atoms with Gasteiger partial charge in [-0.25, -0.2) is 4.68 Å². The summed E-state index contributed by atoms with van der Waals surface area (Å²) in [6, 6.07) is 7.32. The minimum Gasteiger partial charge on any atom is -0.369 e. The summed E-state index contributed by atoms with van der Waals surface area (Å²) < 4.78 is 40.5. The topological polar surface area (TPSA) is 29.9 Å². The van der Waals surface area contributed by atoms with Crippen molar-refractivity contribution >= 4 is 17.2 Å². The Labute approximate surface area is 140 Å². The summed E-state index contributed by atoms with van der Waals surface area (Å²) in [5.41, 5.74) is 2.81. The van der Waals surface area contributed by atoms with Gasteiger partial charge in [-0.15, -0.1) is 11.3 Å². The lowest BCUT2D eigenvalue weighted by atomic mass is 10.1. The maximum absolute atomic E-state index is 13.0. The molecule has 4 rings (SSSR count). The molecule has 0 saturated heterocycles. The molecule has 0 fully saturated rings. The van der Waals surface area contributed by atoms with Gasteiger partial charge in [0.2, 0.25) is 0 Å². The summed E-state index contributed by atoms with van der Waals surface area (Å²) in [6.07, 6.45) is -3.55. The summed E-state index contributed by atoms with van der Waals surface area (Å²) in [4.78, 5) is 1.04. The van der Waals surface area contributed by atoms with E-state index >= 15 is 0 Å². The maximum Gasteiger partial charge on any atom is 0.416 e. The van der Waals surface area contributed by atoms with E-state index in [1.807, 2.05) is 12.3 Å². The van der Waals surface area contributed by atoms with Gasteiger partial charge >= 0.3 is 6.18 Å². The van der Waals surface area contributed by atoms with Gasteiger partial charge < -0.3 is 5.32 Å². The van der Waals surface area contributed by atoms with Crippen LogP contribution in [0.5, 0.6) is 0 Å². The minimum atomic E-state index is -4.37. The Morgan fingerprint density at radius 2 is 2.08 bits per heavy atom. The molecular formula is C17H14F3N3S. The summed E-state index contributed by atoms with van der Waals surface area (Å²) >= 11 is 1.60. The van der Waals surface area contributed by atoms with Crippen LogP contribution in [0.2, 0.25) is 0 Å². The highest BCUT2D eigenvalue weighted by atomic mass is 32.1. The van der Waals surface area contributed by atoms with Crippen molar-refractivity contribution in [3.63, 3.8) is 0 Å². The number of fused-ring (bicyclic) bond motifs is 1. The van der Waals surface area contributed by atoms with Gasteiger partial charge in [0.1, 0.15) is 11.5 Å². The molecule has 3 nitrogen and oxygen atoms in total. The summed E-state index contributed by atoms with van der Waals surface area (Å²) in [5, 5.41) is 9.90. The number of hydrogen-bond acceptors (Lipinski definition) is 3. The highest BCUT2D eigenvalue weighted by Gasteiger charge is 2.31. The molecule has 24 heavy (non-hydrogen) atoms. The molecule has 0 unspecified atom stereocenters. The quantitative estimate of drug-likeness (QED) is 0.713. The smallest absolute Gasteiger partial charge is 0.369 e. The normalized spacial score (nSPS) is 13.8.